The maximum atomic E-state index is 14.6. The number of rotatable bonds is 2. The highest BCUT2D eigenvalue weighted by molar-refractivity contribution is 7.72. The first-order valence-electron chi connectivity index (χ1n) is 5.75. The lowest BCUT2D eigenvalue weighted by atomic mass is 9.95. The van der Waals surface area contributed by atoms with Gasteiger partial charge in [-0.3, -0.25) is 4.57 Å². The number of aliphatic hydroxyl groups excluding tert-OH is 2. The maximum absolute atomic E-state index is 14.6. The summed E-state index contributed by atoms with van der Waals surface area (Å²) in [7, 11) is 0. The molecule has 1 aromatic heterocycles. The molecular weight excluding hydrogens is 355 g/mol. The van der Waals surface area contributed by atoms with E-state index in [1.165, 1.54) is 0 Å². The molecule has 1 unspecified atom stereocenters. The zero-order valence-electron chi connectivity index (χ0n) is 10.5. The topological polar surface area (TPSA) is 70.4 Å². The number of hydrogen-bond donors (Lipinski definition) is 3. The maximum Gasteiger partial charge on any atom is 0.429 e. The molecular formula is C10H9F5N2O3S2. The van der Waals surface area contributed by atoms with Crippen LogP contribution in [0.3, 0.4) is 0 Å². The summed E-state index contributed by atoms with van der Waals surface area (Å²) < 4.78 is 71.3. The predicted octanol–water partition coefficient (Wildman–Crippen LogP) is 1.94. The zero-order chi connectivity index (χ0) is 16.9. The molecule has 1 aromatic rings. The number of alkyl halides is 4. The number of nitrogens with zero attached hydrogens (tertiary/aromatic N) is 1. The highest BCUT2D eigenvalue weighted by Gasteiger charge is 2.72. The third-order valence-electron chi connectivity index (χ3n) is 3.24. The molecule has 22 heavy (non-hydrogen) atoms. The highest BCUT2D eigenvalue weighted by atomic mass is 32.1. The van der Waals surface area contributed by atoms with Crippen LogP contribution in [-0.2, 0) is 4.74 Å². The predicted molar refractivity (Wildman–Crippen MR) is 67.3 cm³/mol. The fraction of sp³-hybridized carbons (Fsp3) is 0.600. The van der Waals surface area contributed by atoms with Crippen LogP contribution in [0, 0.1) is 15.2 Å². The average Bonchev–Trinajstić information content (AvgIpc) is 2.67. The van der Waals surface area contributed by atoms with E-state index in [0.717, 1.165) is 0 Å². The number of nitrogens with one attached hydrogen (secondary N) is 1. The van der Waals surface area contributed by atoms with Crippen molar-refractivity contribution >= 4 is 24.4 Å². The van der Waals surface area contributed by atoms with Crippen molar-refractivity contribution in [2.45, 2.75) is 30.3 Å². The summed E-state index contributed by atoms with van der Waals surface area (Å²) in [4.78, 5) is 2.08. The number of hydrogen-bond acceptors (Lipinski definition) is 5. The van der Waals surface area contributed by atoms with Gasteiger partial charge >= 0.3 is 6.18 Å². The van der Waals surface area contributed by atoms with E-state index in [2.05, 4.69) is 17.2 Å². The van der Waals surface area contributed by atoms with Crippen molar-refractivity contribution in [1.29, 1.82) is 0 Å². The normalized spacial score (nSPS) is 32.4. The van der Waals surface area contributed by atoms with Crippen LogP contribution in [0.4, 0.5) is 22.0 Å². The fourth-order valence-corrected chi connectivity index (χ4v) is 2.57. The van der Waals surface area contributed by atoms with E-state index in [1.807, 2.05) is 0 Å². The van der Waals surface area contributed by atoms with Crippen molar-refractivity contribution < 1.29 is 36.9 Å². The van der Waals surface area contributed by atoms with Gasteiger partial charge in [0.25, 0.3) is 5.67 Å². The van der Waals surface area contributed by atoms with Gasteiger partial charge in [0.05, 0.1) is 6.61 Å². The van der Waals surface area contributed by atoms with Crippen molar-refractivity contribution in [2.24, 2.45) is 0 Å². The van der Waals surface area contributed by atoms with Gasteiger partial charge in [0.1, 0.15) is 16.8 Å². The lowest BCUT2D eigenvalue weighted by Crippen LogP contribution is -2.54. The molecule has 2 rings (SSSR count). The molecule has 1 aliphatic rings. The van der Waals surface area contributed by atoms with Crippen molar-refractivity contribution in [3.05, 3.63) is 21.4 Å². The third kappa shape index (κ3) is 2.48. The number of ether oxygens (including phenoxy) is 1. The van der Waals surface area contributed by atoms with Crippen LogP contribution in [0.2, 0.25) is 0 Å². The molecule has 12 heteroatoms. The standard InChI is InChI=1S/C10H9F5N2O3S2/c11-3-1-17(8(22)16-6(3)21)7-9(12,10(13,14)15)5(19)4(2-18)20-7/h1,4-5,7,18-19H,2H2,(H,16,21,22)/t4-,5+,7-,9?/m1/s1. The number of H-pyrrole nitrogens is 1. The molecule has 2 heterocycles. The second kappa shape index (κ2) is 5.60. The summed E-state index contributed by atoms with van der Waals surface area (Å²) in [6, 6.07) is 0. The van der Waals surface area contributed by atoms with Gasteiger partial charge in [0.15, 0.2) is 16.8 Å². The van der Waals surface area contributed by atoms with E-state index in [9.17, 15) is 27.1 Å². The molecule has 1 saturated heterocycles. The zero-order valence-corrected chi connectivity index (χ0v) is 12.1. The summed E-state index contributed by atoms with van der Waals surface area (Å²) in [6.45, 7) is -1.07. The van der Waals surface area contributed by atoms with Gasteiger partial charge in [0.2, 0.25) is 0 Å². The first kappa shape index (κ1) is 17.4. The van der Waals surface area contributed by atoms with E-state index in [-0.39, 0.29) is 0 Å². The van der Waals surface area contributed by atoms with Crippen molar-refractivity contribution in [3.8, 4) is 0 Å². The number of halogens is 5. The first-order valence-corrected chi connectivity index (χ1v) is 6.56. The summed E-state index contributed by atoms with van der Waals surface area (Å²) in [5, 5.41) is 18.5. The Morgan fingerprint density at radius 1 is 1.41 bits per heavy atom. The minimum atomic E-state index is -5.56. The Labute approximate surface area is 130 Å². The Morgan fingerprint density at radius 3 is 2.50 bits per heavy atom. The molecule has 3 N–H and O–H groups in total. The molecule has 124 valence electrons. The van der Waals surface area contributed by atoms with Crippen LogP contribution in [0.1, 0.15) is 6.23 Å². The van der Waals surface area contributed by atoms with Crippen LogP contribution in [0.25, 0.3) is 0 Å². The van der Waals surface area contributed by atoms with Gasteiger partial charge in [-0.2, -0.15) is 13.2 Å². The van der Waals surface area contributed by atoms with E-state index >= 15 is 0 Å². The summed E-state index contributed by atoms with van der Waals surface area (Å²) in [6.07, 6.45) is -12.2. The lowest BCUT2D eigenvalue weighted by Gasteiger charge is -2.31. The fourth-order valence-electron chi connectivity index (χ4n) is 2.11. The number of aliphatic hydroxyl groups is 2. The molecule has 1 fully saturated rings. The monoisotopic (exact) mass is 364 g/mol. The molecule has 0 bridgehead atoms. The van der Waals surface area contributed by atoms with Crippen molar-refractivity contribution in [1.82, 2.24) is 9.55 Å². The summed E-state index contributed by atoms with van der Waals surface area (Å²) in [5.74, 6) is -1.15. The lowest BCUT2D eigenvalue weighted by molar-refractivity contribution is -0.274. The molecule has 1 aliphatic heterocycles. The minimum absolute atomic E-state index is 0.326. The number of aromatic nitrogens is 2. The molecule has 4 atom stereocenters. The van der Waals surface area contributed by atoms with Gasteiger partial charge in [0, 0.05) is 6.20 Å². The largest absolute Gasteiger partial charge is 0.429 e. The molecule has 0 amide bonds. The SMILES string of the molecule is OC[C@H]1O[C@@H](n2cc(F)c(=S)[nH]c2=S)C(F)(C(F)(F)F)[C@H]1O. The van der Waals surface area contributed by atoms with Crippen molar-refractivity contribution in [3.63, 3.8) is 0 Å². The van der Waals surface area contributed by atoms with Gasteiger partial charge < -0.3 is 19.9 Å². The van der Waals surface area contributed by atoms with Crippen LogP contribution < -0.4 is 0 Å². The summed E-state index contributed by atoms with van der Waals surface area (Å²) in [5.41, 5.74) is -4.29. The molecule has 0 spiro atoms. The summed E-state index contributed by atoms with van der Waals surface area (Å²) >= 11 is 9.21. The van der Waals surface area contributed by atoms with Crippen molar-refractivity contribution in [2.75, 3.05) is 6.61 Å². The van der Waals surface area contributed by atoms with E-state index in [0.29, 0.717) is 10.8 Å². The van der Waals surface area contributed by atoms with Gasteiger partial charge in [-0.1, -0.05) is 12.2 Å². The Hall–Kier alpha value is -0.950. The second-order valence-electron chi connectivity index (χ2n) is 4.56. The van der Waals surface area contributed by atoms with Crippen LogP contribution in [0.5, 0.6) is 0 Å². The molecule has 0 radical (unpaired) electrons. The first-order chi connectivity index (χ1) is 10.0. The van der Waals surface area contributed by atoms with Gasteiger partial charge in [-0.15, -0.1) is 0 Å². The van der Waals surface area contributed by atoms with Gasteiger partial charge in [-0.25, -0.2) is 8.78 Å². The Bertz CT molecular complexity index is 690. The Kier molecular flexibility index (Phi) is 4.43. The van der Waals surface area contributed by atoms with Gasteiger partial charge in [-0.05, 0) is 12.2 Å². The van der Waals surface area contributed by atoms with E-state index in [4.69, 9.17) is 22.1 Å². The second-order valence-corrected chi connectivity index (χ2v) is 5.36. The van der Waals surface area contributed by atoms with Crippen LogP contribution in [-0.4, -0.2) is 50.4 Å². The molecule has 5 nitrogen and oxygen atoms in total. The van der Waals surface area contributed by atoms with E-state index in [1.54, 1.807) is 0 Å². The molecule has 0 aromatic carbocycles. The third-order valence-corrected chi connectivity index (χ3v) is 3.85. The van der Waals surface area contributed by atoms with Crippen LogP contribution >= 0.6 is 24.4 Å². The Balaban J connectivity index is 2.65. The molecule has 0 aliphatic carbocycles. The number of aromatic amines is 1. The van der Waals surface area contributed by atoms with Crippen LogP contribution in [0.15, 0.2) is 6.20 Å². The minimum Gasteiger partial charge on any atom is -0.394 e. The molecule has 0 saturated carbocycles. The smallest absolute Gasteiger partial charge is 0.394 e. The highest BCUT2D eigenvalue weighted by Crippen LogP contribution is 2.51. The quantitative estimate of drug-likeness (QED) is 0.553. The Morgan fingerprint density at radius 2 is 2.00 bits per heavy atom. The average molecular weight is 364 g/mol. The van der Waals surface area contributed by atoms with E-state index < -0.39 is 52.1 Å².